The van der Waals surface area contributed by atoms with Crippen molar-refractivity contribution in [3.8, 4) is 0 Å². The first kappa shape index (κ1) is 9.49. The largest absolute Gasteiger partial charge is 0.319 e. The molecule has 3 nitrogen and oxygen atoms in total. The van der Waals surface area contributed by atoms with E-state index in [-0.39, 0.29) is 0 Å². The highest BCUT2D eigenvalue weighted by molar-refractivity contribution is 6.33. The van der Waals surface area contributed by atoms with Gasteiger partial charge in [0.15, 0.2) is 0 Å². The highest BCUT2D eigenvalue weighted by Crippen LogP contribution is 2.22. The van der Waals surface area contributed by atoms with Crippen molar-refractivity contribution in [1.29, 1.82) is 0 Å². The van der Waals surface area contributed by atoms with Crippen LogP contribution in [0.25, 0.3) is 5.52 Å². The lowest BCUT2D eigenvalue weighted by Gasteiger charge is -2.16. The minimum Gasteiger partial charge on any atom is -0.319 e. The summed E-state index contributed by atoms with van der Waals surface area (Å²) in [6.07, 6.45) is 3.66. The Bertz CT molecular complexity index is 468. The summed E-state index contributed by atoms with van der Waals surface area (Å²) < 4.78 is 1.92. The normalized spacial score (nSPS) is 12.3. The summed E-state index contributed by atoms with van der Waals surface area (Å²) in [6.45, 7) is 3.84. The first-order chi connectivity index (χ1) is 6.50. The Kier molecular flexibility index (Phi) is 2.01. The highest BCUT2D eigenvalue weighted by atomic mass is 35.5. The first-order valence-corrected chi connectivity index (χ1v) is 4.79. The Hall–Kier alpha value is -1.06. The number of fused-ring (bicyclic) bond motifs is 1. The SMILES string of the molecule is CC(C)(N)c1ncc2c(Cl)cccn12. The molecule has 4 heteroatoms. The molecule has 74 valence electrons. The molecule has 0 saturated heterocycles. The van der Waals surface area contributed by atoms with Crippen LogP contribution in [0.3, 0.4) is 0 Å². The maximum atomic E-state index is 6.02. The lowest BCUT2D eigenvalue weighted by atomic mass is 10.1. The smallest absolute Gasteiger partial charge is 0.132 e. The molecule has 0 unspecified atom stereocenters. The van der Waals surface area contributed by atoms with Gasteiger partial charge in [0.2, 0.25) is 0 Å². The van der Waals surface area contributed by atoms with Crippen molar-refractivity contribution in [3.63, 3.8) is 0 Å². The summed E-state index contributed by atoms with van der Waals surface area (Å²) in [5.74, 6) is 0.815. The molecule has 0 radical (unpaired) electrons. The average molecular weight is 210 g/mol. The zero-order valence-corrected chi connectivity index (χ0v) is 8.92. The second-order valence-electron chi connectivity index (χ2n) is 3.91. The molecule has 0 spiro atoms. The van der Waals surface area contributed by atoms with Gasteiger partial charge >= 0.3 is 0 Å². The van der Waals surface area contributed by atoms with E-state index in [1.54, 1.807) is 6.20 Å². The van der Waals surface area contributed by atoms with Crippen LogP contribution in [0, 0.1) is 0 Å². The van der Waals surface area contributed by atoms with Gasteiger partial charge in [-0.3, -0.25) is 0 Å². The summed E-state index contributed by atoms with van der Waals surface area (Å²) in [5, 5.41) is 0.690. The van der Waals surface area contributed by atoms with E-state index in [0.29, 0.717) is 5.02 Å². The van der Waals surface area contributed by atoms with Crippen molar-refractivity contribution >= 4 is 17.1 Å². The molecule has 0 aromatic carbocycles. The van der Waals surface area contributed by atoms with Crippen LogP contribution in [0.2, 0.25) is 5.02 Å². The molecule has 14 heavy (non-hydrogen) atoms. The van der Waals surface area contributed by atoms with Crippen LogP contribution < -0.4 is 5.73 Å². The summed E-state index contributed by atoms with van der Waals surface area (Å²) in [7, 11) is 0. The number of imidazole rings is 1. The molecule has 0 aliphatic carbocycles. The molecular weight excluding hydrogens is 198 g/mol. The number of aromatic nitrogens is 2. The third kappa shape index (κ3) is 1.38. The van der Waals surface area contributed by atoms with Crippen LogP contribution in [0.1, 0.15) is 19.7 Å². The lowest BCUT2D eigenvalue weighted by molar-refractivity contribution is 0.512. The number of halogens is 1. The highest BCUT2D eigenvalue weighted by Gasteiger charge is 2.20. The van der Waals surface area contributed by atoms with Gasteiger partial charge < -0.3 is 10.1 Å². The van der Waals surface area contributed by atoms with E-state index < -0.39 is 5.54 Å². The van der Waals surface area contributed by atoms with Crippen LogP contribution in [0.4, 0.5) is 0 Å². The molecular formula is C10H12ClN3. The van der Waals surface area contributed by atoms with Crippen LogP contribution in [-0.4, -0.2) is 9.38 Å². The average Bonchev–Trinajstić information content (AvgIpc) is 2.47. The molecule has 0 amide bonds. The predicted molar refractivity (Wildman–Crippen MR) is 57.4 cm³/mol. The molecule has 2 aromatic rings. The molecule has 0 bridgehead atoms. The Morgan fingerprint density at radius 3 is 2.86 bits per heavy atom. The minimum absolute atomic E-state index is 0.461. The molecule has 2 aromatic heterocycles. The van der Waals surface area contributed by atoms with Crippen molar-refractivity contribution < 1.29 is 0 Å². The van der Waals surface area contributed by atoms with Crippen molar-refractivity contribution in [1.82, 2.24) is 9.38 Å². The number of nitrogens with zero attached hydrogens (tertiary/aromatic N) is 2. The summed E-state index contributed by atoms with van der Waals surface area (Å²) >= 11 is 6.02. The quantitative estimate of drug-likeness (QED) is 0.783. The number of nitrogens with two attached hydrogens (primary N) is 1. The summed E-state index contributed by atoms with van der Waals surface area (Å²) in [5.41, 5.74) is 6.42. The van der Waals surface area contributed by atoms with E-state index in [1.807, 2.05) is 36.6 Å². The zero-order chi connectivity index (χ0) is 10.3. The second-order valence-corrected chi connectivity index (χ2v) is 4.32. The minimum atomic E-state index is -0.461. The Morgan fingerprint density at radius 2 is 2.21 bits per heavy atom. The van der Waals surface area contributed by atoms with Gasteiger partial charge in [0.1, 0.15) is 5.82 Å². The fourth-order valence-electron chi connectivity index (χ4n) is 1.46. The van der Waals surface area contributed by atoms with E-state index >= 15 is 0 Å². The van der Waals surface area contributed by atoms with E-state index in [0.717, 1.165) is 11.3 Å². The van der Waals surface area contributed by atoms with Crippen LogP contribution >= 0.6 is 11.6 Å². The van der Waals surface area contributed by atoms with Crippen molar-refractivity contribution in [2.24, 2.45) is 5.73 Å². The number of rotatable bonds is 1. The standard InChI is InChI=1S/C10H12ClN3/c1-10(2,12)9-13-6-8-7(11)4-3-5-14(8)9/h3-6H,12H2,1-2H3. The van der Waals surface area contributed by atoms with Crippen LogP contribution in [0.5, 0.6) is 0 Å². The van der Waals surface area contributed by atoms with Crippen molar-refractivity contribution in [3.05, 3.63) is 35.4 Å². The maximum absolute atomic E-state index is 6.02. The van der Waals surface area contributed by atoms with Gasteiger partial charge in [0, 0.05) is 6.20 Å². The summed E-state index contributed by atoms with van der Waals surface area (Å²) in [6, 6.07) is 3.72. The number of pyridine rings is 1. The molecule has 2 rings (SSSR count). The van der Waals surface area contributed by atoms with Crippen LogP contribution in [-0.2, 0) is 5.54 Å². The van der Waals surface area contributed by atoms with Gasteiger partial charge in [0.05, 0.1) is 22.3 Å². The predicted octanol–water partition coefficient (Wildman–Crippen LogP) is 2.18. The van der Waals surface area contributed by atoms with Gasteiger partial charge in [-0.05, 0) is 26.0 Å². The van der Waals surface area contributed by atoms with Gasteiger partial charge in [-0.1, -0.05) is 11.6 Å². The molecule has 0 aliphatic rings. The van der Waals surface area contributed by atoms with Gasteiger partial charge in [-0.15, -0.1) is 0 Å². The molecule has 2 N–H and O–H groups in total. The topological polar surface area (TPSA) is 43.3 Å². The van der Waals surface area contributed by atoms with Gasteiger partial charge in [0.25, 0.3) is 0 Å². The third-order valence-corrected chi connectivity index (χ3v) is 2.42. The van der Waals surface area contributed by atoms with E-state index in [9.17, 15) is 0 Å². The molecule has 0 saturated carbocycles. The first-order valence-electron chi connectivity index (χ1n) is 4.41. The van der Waals surface area contributed by atoms with E-state index in [2.05, 4.69) is 4.98 Å². The van der Waals surface area contributed by atoms with Gasteiger partial charge in [-0.25, -0.2) is 4.98 Å². The van der Waals surface area contributed by atoms with Crippen molar-refractivity contribution in [2.75, 3.05) is 0 Å². The molecule has 0 fully saturated rings. The van der Waals surface area contributed by atoms with E-state index in [4.69, 9.17) is 17.3 Å². The number of hydrogen-bond acceptors (Lipinski definition) is 2. The monoisotopic (exact) mass is 209 g/mol. The molecule has 0 atom stereocenters. The van der Waals surface area contributed by atoms with Crippen LogP contribution in [0.15, 0.2) is 24.5 Å². The maximum Gasteiger partial charge on any atom is 0.132 e. The Labute approximate surface area is 87.5 Å². The summed E-state index contributed by atoms with van der Waals surface area (Å²) in [4.78, 5) is 4.28. The number of hydrogen-bond donors (Lipinski definition) is 1. The fraction of sp³-hybridized carbons (Fsp3) is 0.300. The van der Waals surface area contributed by atoms with Crippen molar-refractivity contribution in [2.45, 2.75) is 19.4 Å². The Morgan fingerprint density at radius 1 is 1.50 bits per heavy atom. The third-order valence-electron chi connectivity index (χ3n) is 2.10. The Balaban J connectivity index is 2.76. The lowest BCUT2D eigenvalue weighted by Crippen LogP contribution is -2.31. The molecule has 2 heterocycles. The molecule has 0 aliphatic heterocycles. The fourth-order valence-corrected chi connectivity index (χ4v) is 1.68. The zero-order valence-electron chi connectivity index (χ0n) is 8.16. The second kappa shape index (κ2) is 2.97. The van der Waals surface area contributed by atoms with Gasteiger partial charge in [-0.2, -0.15) is 0 Å². The van der Waals surface area contributed by atoms with E-state index in [1.165, 1.54) is 0 Å².